The predicted octanol–water partition coefficient (Wildman–Crippen LogP) is 6.41. The van der Waals surface area contributed by atoms with Crippen LogP contribution in [0.25, 0.3) is 10.9 Å². The molecule has 3 heterocycles. The first-order valence-electron chi connectivity index (χ1n) is 15.3. The van der Waals surface area contributed by atoms with Crippen LogP contribution in [0.4, 0.5) is 10.5 Å². The van der Waals surface area contributed by atoms with Gasteiger partial charge in [-0.05, 0) is 66.8 Å². The van der Waals surface area contributed by atoms with Gasteiger partial charge in [0.2, 0.25) is 0 Å². The number of nitrogens with one attached hydrogen (secondary N) is 2. The Kier molecular flexibility index (Phi) is 7.33. The zero-order valence-electron chi connectivity index (χ0n) is 25.2. The molecule has 2 N–H and O–H groups in total. The molecule has 226 valence electrons. The van der Waals surface area contributed by atoms with Gasteiger partial charge in [-0.15, -0.1) is 0 Å². The monoisotopic (exact) mass is 598 g/mol. The van der Waals surface area contributed by atoms with E-state index in [1.54, 1.807) is 36.3 Å². The number of methoxy groups -OCH3 is 1. The Morgan fingerprint density at radius 3 is 2.53 bits per heavy atom. The molecule has 1 saturated heterocycles. The number of aryl methyl sites for hydroxylation is 1. The largest absolute Gasteiger partial charge is 0.497 e. The molecule has 2 aliphatic rings. The minimum absolute atomic E-state index is 0.113. The lowest BCUT2D eigenvalue weighted by Crippen LogP contribution is -2.44. The molecule has 4 amide bonds. The van der Waals surface area contributed by atoms with E-state index in [1.807, 2.05) is 73.7 Å². The Bertz CT molecular complexity index is 1920. The minimum atomic E-state index is -0.735. The first kappa shape index (κ1) is 28.4. The van der Waals surface area contributed by atoms with E-state index in [9.17, 15) is 14.4 Å². The second-order valence-corrected chi connectivity index (χ2v) is 11.7. The van der Waals surface area contributed by atoms with Crippen molar-refractivity contribution >= 4 is 34.4 Å². The highest BCUT2D eigenvalue weighted by molar-refractivity contribution is 6.24. The van der Waals surface area contributed by atoms with Crippen molar-refractivity contribution in [3.8, 4) is 5.75 Å². The van der Waals surface area contributed by atoms with E-state index in [2.05, 4.69) is 22.4 Å². The minimum Gasteiger partial charge on any atom is -0.497 e. The molecule has 0 radical (unpaired) electrons. The fourth-order valence-electron chi connectivity index (χ4n) is 6.72. The van der Waals surface area contributed by atoms with Gasteiger partial charge in [0.05, 0.1) is 18.4 Å². The first-order valence-corrected chi connectivity index (χ1v) is 15.3. The number of hydrogen-bond acceptors (Lipinski definition) is 4. The number of nitrogens with zero attached hydrogens (tertiary/aromatic N) is 2. The van der Waals surface area contributed by atoms with Crippen LogP contribution in [0.15, 0.2) is 103 Å². The van der Waals surface area contributed by atoms with Crippen LogP contribution >= 0.6 is 0 Å². The van der Waals surface area contributed by atoms with Crippen molar-refractivity contribution in [2.45, 2.75) is 44.3 Å². The number of benzene rings is 4. The molecule has 8 nitrogen and oxygen atoms in total. The lowest BCUT2D eigenvalue weighted by atomic mass is 9.89. The molecule has 1 fully saturated rings. The number of carbonyl (C=O) groups is 3. The lowest BCUT2D eigenvalue weighted by molar-refractivity contribution is -0.120. The van der Waals surface area contributed by atoms with Crippen molar-refractivity contribution in [1.82, 2.24) is 15.2 Å². The maximum Gasteiger partial charge on any atom is 0.332 e. The molecule has 2 aliphatic heterocycles. The summed E-state index contributed by atoms with van der Waals surface area (Å²) in [4.78, 5) is 48.7. The van der Waals surface area contributed by atoms with Crippen LogP contribution in [-0.2, 0) is 17.6 Å². The van der Waals surface area contributed by atoms with E-state index in [1.165, 1.54) is 10.5 Å². The Labute approximate surface area is 261 Å². The highest BCUT2D eigenvalue weighted by atomic mass is 16.5. The van der Waals surface area contributed by atoms with Crippen LogP contribution < -0.4 is 15.0 Å². The highest BCUT2D eigenvalue weighted by Gasteiger charge is 2.53. The first-order chi connectivity index (χ1) is 21.9. The van der Waals surface area contributed by atoms with Crippen molar-refractivity contribution in [2.75, 3.05) is 12.0 Å². The number of H-pyrrole nitrogens is 1. The fourth-order valence-corrected chi connectivity index (χ4v) is 6.72. The van der Waals surface area contributed by atoms with Crippen LogP contribution in [-0.4, -0.2) is 46.9 Å². The van der Waals surface area contributed by atoms with E-state index >= 15 is 0 Å². The van der Waals surface area contributed by atoms with Crippen LogP contribution in [0.2, 0.25) is 0 Å². The summed E-state index contributed by atoms with van der Waals surface area (Å²) in [7, 11) is 1.61. The number of rotatable bonds is 8. The summed E-state index contributed by atoms with van der Waals surface area (Å²) in [5, 5.41) is 4.11. The molecule has 0 spiro atoms. The predicted molar refractivity (Wildman–Crippen MR) is 173 cm³/mol. The van der Waals surface area contributed by atoms with E-state index < -0.39 is 18.1 Å². The molecular weight excluding hydrogens is 564 g/mol. The summed E-state index contributed by atoms with van der Waals surface area (Å²) in [6, 6.07) is 30.7. The third-order valence-corrected chi connectivity index (χ3v) is 8.93. The molecule has 8 heteroatoms. The lowest BCUT2D eigenvalue weighted by Gasteiger charge is -2.36. The molecule has 1 aromatic heterocycles. The molecule has 0 aliphatic carbocycles. The smallest absolute Gasteiger partial charge is 0.332 e. The fraction of sp³-hybridized carbons (Fsp3) is 0.216. The number of aromatic amines is 1. The third-order valence-electron chi connectivity index (χ3n) is 8.93. The quantitative estimate of drug-likeness (QED) is 0.202. The molecule has 7 rings (SSSR count). The molecule has 0 bridgehead atoms. The van der Waals surface area contributed by atoms with Crippen molar-refractivity contribution in [3.05, 3.63) is 131 Å². The van der Waals surface area contributed by atoms with Crippen molar-refractivity contribution in [1.29, 1.82) is 0 Å². The Balaban J connectivity index is 1.23. The number of anilines is 1. The third kappa shape index (κ3) is 5.02. The van der Waals surface area contributed by atoms with Crippen molar-refractivity contribution in [2.24, 2.45) is 0 Å². The average Bonchev–Trinajstić information content (AvgIpc) is 3.57. The molecular formula is C37H34N4O4. The molecule has 45 heavy (non-hydrogen) atoms. The van der Waals surface area contributed by atoms with E-state index in [-0.39, 0.29) is 29.1 Å². The number of imide groups is 1. The zero-order chi connectivity index (χ0) is 31.1. The summed E-state index contributed by atoms with van der Waals surface area (Å²) < 4.78 is 5.52. The number of ether oxygens (including phenoxy) is 1. The van der Waals surface area contributed by atoms with Gasteiger partial charge in [0.1, 0.15) is 17.8 Å². The van der Waals surface area contributed by atoms with Gasteiger partial charge >= 0.3 is 6.03 Å². The van der Waals surface area contributed by atoms with Crippen LogP contribution in [0, 0.1) is 0 Å². The topological polar surface area (TPSA) is 94.7 Å². The molecule has 4 aromatic carbocycles. The Morgan fingerprint density at radius 1 is 0.956 bits per heavy atom. The maximum absolute atomic E-state index is 14.4. The number of aromatic nitrogens is 1. The standard InChI is InChI=1S/C37H34N4O4/c1-23(19-20-24-11-4-3-5-12-24)38-35(42)28-16-7-9-18-31(28)41-36(43)32-22-29-27-15-6-8-17-30(27)39-33(29)34(40(32)37(41)44)25-13-10-14-26(21-25)45-2/h3-18,21,23,32,34,39H,19-20,22H2,1-2H3,(H,38,42)/t23-,32-,34+/m0/s1. The van der Waals surface area contributed by atoms with Crippen molar-refractivity contribution in [3.63, 3.8) is 0 Å². The van der Waals surface area contributed by atoms with Gasteiger partial charge < -0.3 is 15.0 Å². The maximum atomic E-state index is 14.4. The summed E-state index contributed by atoms with van der Waals surface area (Å²) in [5.74, 6) is -0.0103. The van der Waals surface area contributed by atoms with Gasteiger partial charge in [-0.2, -0.15) is 0 Å². The van der Waals surface area contributed by atoms with Crippen LogP contribution in [0.5, 0.6) is 5.75 Å². The molecule has 0 saturated carbocycles. The number of fused-ring (bicyclic) bond motifs is 4. The summed E-state index contributed by atoms with van der Waals surface area (Å²) in [6.07, 6.45) is 1.94. The summed E-state index contributed by atoms with van der Waals surface area (Å²) in [6.45, 7) is 1.96. The Morgan fingerprint density at radius 2 is 1.71 bits per heavy atom. The average molecular weight is 599 g/mol. The zero-order valence-corrected chi connectivity index (χ0v) is 25.2. The molecule has 0 unspecified atom stereocenters. The number of amides is 4. The van der Waals surface area contributed by atoms with Crippen LogP contribution in [0.1, 0.15) is 52.1 Å². The van der Waals surface area contributed by atoms with Gasteiger partial charge in [-0.25, -0.2) is 9.69 Å². The summed E-state index contributed by atoms with van der Waals surface area (Å²) >= 11 is 0. The van der Waals surface area contributed by atoms with Gasteiger partial charge in [0.15, 0.2) is 0 Å². The van der Waals surface area contributed by atoms with Gasteiger partial charge in [0.25, 0.3) is 11.8 Å². The molecule has 3 atom stereocenters. The van der Waals surface area contributed by atoms with Gasteiger partial charge in [0, 0.05) is 29.1 Å². The SMILES string of the molecule is COc1cccc([C@@H]2c3[nH]c4ccccc4c3C[C@H]3C(=O)N(c4ccccc4C(=O)N[C@@H](C)CCc4ccccc4)C(=O)N23)c1. The van der Waals surface area contributed by atoms with Crippen LogP contribution in [0.3, 0.4) is 0 Å². The van der Waals surface area contributed by atoms with E-state index in [4.69, 9.17) is 4.74 Å². The Hall–Kier alpha value is -5.37. The number of carbonyl (C=O) groups excluding carboxylic acids is 3. The second-order valence-electron chi connectivity index (χ2n) is 11.7. The van der Waals surface area contributed by atoms with Crippen molar-refractivity contribution < 1.29 is 19.1 Å². The number of urea groups is 1. The highest BCUT2D eigenvalue weighted by Crippen LogP contribution is 2.45. The van der Waals surface area contributed by atoms with Gasteiger partial charge in [-0.1, -0.05) is 72.8 Å². The van der Waals surface area contributed by atoms with Gasteiger partial charge in [-0.3, -0.25) is 14.5 Å². The second kappa shape index (κ2) is 11.6. The number of hydrogen-bond donors (Lipinski definition) is 2. The van der Waals surface area contributed by atoms with E-state index in [0.29, 0.717) is 12.2 Å². The normalized spacial score (nSPS) is 18.1. The number of para-hydroxylation sites is 2. The van der Waals surface area contributed by atoms with E-state index in [0.717, 1.165) is 40.6 Å². The summed E-state index contributed by atoms with van der Waals surface area (Å²) in [5.41, 5.74) is 5.44. The molecule has 5 aromatic rings.